The van der Waals surface area contributed by atoms with E-state index in [4.69, 9.17) is 0 Å². The summed E-state index contributed by atoms with van der Waals surface area (Å²) in [5.41, 5.74) is 2.17. The SMILES string of the molecule is O=C(Nc1ccccc1N1CCCC1)C1CCC1. The van der Waals surface area contributed by atoms with Crippen molar-refractivity contribution in [1.29, 1.82) is 0 Å². The van der Waals surface area contributed by atoms with E-state index in [2.05, 4.69) is 16.3 Å². The van der Waals surface area contributed by atoms with Crippen LogP contribution in [0, 0.1) is 5.92 Å². The first-order valence-corrected chi connectivity index (χ1v) is 6.99. The summed E-state index contributed by atoms with van der Waals surface area (Å²) in [6, 6.07) is 8.18. The Morgan fingerprint density at radius 1 is 1.11 bits per heavy atom. The lowest BCUT2D eigenvalue weighted by Crippen LogP contribution is -2.29. The molecule has 0 bridgehead atoms. The van der Waals surface area contributed by atoms with Gasteiger partial charge in [0.05, 0.1) is 11.4 Å². The summed E-state index contributed by atoms with van der Waals surface area (Å²) in [6.45, 7) is 2.21. The number of nitrogens with zero attached hydrogens (tertiary/aromatic N) is 1. The number of hydrogen-bond donors (Lipinski definition) is 1. The van der Waals surface area contributed by atoms with Crippen LogP contribution in [0.4, 0.5) is 11.4 Å². The average Bonchev–Trinajstić information content (AvgIpc) is 2.80. The summed E-state index contributed by atoms with van der Waals surface area (Å²) in [7, 11) is 0. The second kappa shape index (κ2) is 5.01. The van der Waals surface area contributed by atoms with Gasteiger partial charge in [-0.2, -0.15) is 0 Å². The Hall–Kier alpha value is -1.51. The normalized spacial score (nSPS) is 19.7. The molecular formula is C15H20N2O. The molecule has 3 rings (SSSR count). The third-order valence-corrected chi connectivity index (χ3v) is 4.08. The molecule has 1 aliphatic carbocycles. The highest BCUT2D eigenvalue weighted by Gasteiger charge is 2.26. The molecule has 0 aromatic heterocycles. The van der Waals surface area contributed by atoms with Gasteiger partial charge < -0.3 is 10.2 Å². The minimum atomic E-state index is 0.202. The highest BCUT2D eigenvalue weighted by Crippen LogP contribution is 2.31. The van der Waals surface area contributed by atoms with Crippen LogP contribution in [0.5, 0.6) is 0 Å². The van der Waals surface area contributed by atoms with E-state index in [1.165, 1.54) is 24.9 Å². The number of nitrogens with one attached hydrogen (secondary N) is 1. The molecule has 18 heavy (non-hydrogen) atoms. The molecule has 3 nitrogen and oxygen atoms in total. The van der Waals surface area contributed by atoms with Crippen molar-refractivity contribution < 1.29 is 4.79 Å². The van der Waals surface area contributed by atoms with Crippen molar-refractivity contribution in [2.45, 2.75) is 32.1 Å². The molecule has 0 atom stereocenters. The zero-order chi connectivity index (χ0) is 12.4. The summed E-state index contributed by atoms with van der Waals surface area (Å²) >= 11 is 0. The Balaban J connectivity index is 1.75. The van der Waals surface area contributed by atoms with E-state index in [1.807, 2.05) is 18.2 Å². The summed E-state index contributed by atoms with van der Waals surface area (Å²) in [5.74, 6) is 0.449. The Labute approximate surface area is 108 Å². The number of benzene rings is 1. The van der Waals surface area contributed by atoms with Gasteiger partial charge in [0.2, 0.25) is 5.91 Å². The number of carbonyl (C=O) groups excluding carboxylic acids is 1. The summed E-state index contributed by atoms with van der Waals surface area (Å²) in [5, 5.41) is 3.11. The molecule has 1 aromatic rings. The van der Waals surface area contributed by atoms with E-state index in [9.17, 15) is 4.79 Å². The minimum absolute atomic E-state index is 0.202. The van der Waals surface area contributed by atoms with Gasteiger partial charge in [-0.05, 0) is 37.8 Å². The Morgan fingerprint density at radius 2 is 1.83 bits per heavy atom. The van der Waals surface area contributed by atoms with Gasteiger partial charge in [0.25, 0.3) is 0 Å². The molecular weight excluding hydrogens is 224 g/mol. The molecule has 0 spiro atoms. The van der Waals surface area contributed by atoms with E-state index < -0.39 is 0 Å². The van der Waals surface area contributed by atoms with E-state index in [0.717, 1.165) is 31.6 Å². The van der Waals surface area contributed by atoms with Crippen LogP contribution in [0.15, 0.2) is 24.3 Å². The van der Waals surface area contributed by atoms with Crippen LogP contribution < -0.4 is 10.2 Å². The van der Waals surface area contributed by atoms with Crippen LogP contribution >= 0.6 is 0 Å². The number of hydrogen-bond acceptors (Lipinski definition) is 2. The fourth-order valence-electron chi connectivity index (χ4n) is 2.72. The largest absolute Gasteiger partial charge is 0.370 e. The van der Waals surface area contributed by atoms with Gasteiger partial charge >= 0.3 is 0 Å². The number of rotatable bonds is 3. The maximum atomic E-state index is 12.0. The van der Waals surface area contributed by atoms with Crippen LogP contribution in [0.3, 0.4) is 0 Å². The van der Waals surface area contributed by atoms with Crippen molar-refractivity contribution in [2.24, 2.45) is 5.92 Å². The number of para-hydroxylation sites is 2. The number of carbonyl (C=O) groups is 1. The minimum Gasteiger partial charge on any atom is -0.370 e. The molecule has 0 unspecified atom stereocenters. The molecule has 1 saturated heterocycles. The number of anilines is 2. The molecule has 3 heteroatoms. The van der Waals surface area contributed by atoms with Gasteiger partial charge in [-0.1, -0.05) is 18.6 Å². The summed E-state index contributed by atoms with van der Waals surface area (Å²) in [6.07, 6.45) is 5.82. The van der Waals surface area contributed by atoms with Crippen molar-refractivity contribution in [2.75, 3.05) is 23.3 Å². The predicted molar refractivity (Wildman–Crippen MR) is 73.9 cm³/mol. The second-order valence-corrected chi connectivity index (χ2v) is 5.33. The topological polar surface area (TPSA) is 32.3 Å². The first kappa shape index (κ1) is 11.6. The molecule has 2 fully saturated rings. The van der Waals surface area contributed by atoms with Crippen molar-refractivity contribution >= 4 is 17.3 Å². The van der Waals surface area contributed by atoms with Crippen LogP contribution in [0.25, 0.3) is 0 Å². The van der Waals surface area contributed by atoms with E-state index in [1.54, 1.807) is 0 Å². The second-order valence-electron chi connectivity index (χ2n) is 5.33. The van der Waals surface area contributed by atoms with Gasteiger partial charge in [0, 0.05) is 19.0 Å². The van der Waals surface area contributed by atoms with Crippen LogP contribution in [0.2, 0.25) is 0 Å². The van der Waals surface area contributed by atoms with Crippen molar-refractivity contribution in [3.05, 3.63) is 24.3 Å². The maximum Gasteiger partial charge on any atom is 0.227 e. The first-order chi connectivity index (χ1) is 8.84. The van der Waals surface area contributed by atoms with Gasteiger partial charge in [0.15, 0.2) is 0 Å². The highest BCUT2D eigenvalue weighted by molar-refractivity contribution is 5.96. The van der Waals surface area contributed by atoms with Crippen LogP contribution in [0.1, 0.15) is 32.1 Å². The molecule has 96 valence electrons. The fourth-order valence-corrected chi connectivity index (χ4v) is 2.72. The average molecular weight is 244 g/mol. The van der Waals surface area contributed by atoms with Crippen LogP contribution in [-0.4, -0.2) is 19.0 Å². The summed E-state index contributed by atoms with van der Waals surface area (Å²) in [4.78, 5) is 14.4. The molecule has 1 heterocycles. The lowest BCUT2D eigenvalue weighted by molar-refractivity contribution is -0.122. The van der Waals surface area contributed by atoms with E-state index in [-0.39, 0.29) is 11.8 Å². The van der Waals surface area contributed by atoms with Gasteiger partial charge in [0.1, 0.15) is 0 Å². The molecule has 2 aliphatic rings. The molecule has 1 aromatic carbocycles. The van der Waals surface area contributed by atoms with Crippen LogP contribution in [-0.2, 0) is 4.79 Å². The fraction of sp³-hybridized carbons (Fsp3) is 0.533. The predicted octanol–water partition coefficient (Wildman–Crippen LogP) is 3.03. The maximum absolute atomic E-state index is 12.0. The zero-order valence-corrected chi connectivity index (χ0v) is 10.7. The Bertz CT molecular complexity index is 434. The third kappa shape index (κ3) is 2.22. The standard InChI is InChI=1S/C15H20N2O/c18-15(12-6-5-7-12)16-13-8-1-2-9-14(13)17-10-3-4-11-17/h1-2,8-9,12H,3-7,10-11H2,(H,16,18). The zero-order valence-electron chi connectivity index (χ0n) is 10.7. The molecule has 1 aliphatic heterocycles. The summed E-state index contributed by atoms with van der Waals surface area (Å²) < 4.78 is 0. The van der Waals surface area contributed by atoms with Gasteiger partial charge in [-0.3, -0.25) is 4.79 Å². The molecule has 0 radical (unpaired) electrons. The van der Waals surface area contributed by atoms with Gasteiger partial charge in [-0.15, -0.1) is 0 Å². The smallest absolute Gasteiger partial charge is 0.227 e. The quantitative estimate of drug-likeness (QED) is 0.886. The highest BCUT2D eigenvalue weighted by atomic mass is 16.1. The lowest BCUT2D eigenvalue weighted by Gasteiger charge is -2.26. The Kier molecular flexibility index (Phi) is 3.22. The molecule has 1 amide bonds. The monoisotopic (exact) mass is 244 g/mol. The van der Waals surface area contributed by atoms with Gasteiger partial charge in [-0.25, -0.2) is 0 Å². The first-order valence-electron chi connectivity index (χ1n) is 6.99. The van der Waals surface area contributed by atoms with E-state index >= 15 is 0 Å². The Morgan fingerprint density at radius 3 is 2.50 bits per heavy atom. The third-order valence-electron chi connectivity index (χ3n) is 4.08. The van der Waals surface area contributed by atoms with E-state index in [0.29, 0.717) is 0 Å². The number of amides is 1. The van der Waals surface area contributed by atoms with Crippen molar-refractivity contribution in [3.8, 4) is 0 Å². The molecule has 1 saturated carbocycles. The van der Waals surface area contributed by atoms with Crippen molar-refractivity contribution in [3.63, 3.8) is 0 Å². The van der Waals surface area contributed by atoms with Crippen molar-refractivity contribution in [1.82, 2.24) is 0 Å². The lowest BCUT2D eigenvalue weighted by atomic mass is 9.85. The molecule has 1 N–H and O–H groups in total.